The average Bonchev–Trinajstić information content (AvgIpc) is 2.86. The number of nitrogens with zero attached hydrogens (tertiary/aromatic N) is 1. The van der Waals surface area contributed by atoms with E-state index in [1.54, 1.807) is 22.5 Å². The van der Waals surface area contributed by atoms with Crippen molar-refractivity contribution in [1.82, 2.24) is 9.62 Å². The molecule has 1 atom stereocenters. The van der Waals surface area contributed by atoms with Gasteiger partial charge in [-0.15, -0.1) is 0 Å². The van der Waals surface area contributed by atoms with Crippen LogP contribution in [0.15, 0.2) is 47.4 Å². The SMILES string of the molecule is COc1ccc(S(=O)(=O)N2CCCCC2)cc1CCC(=O)NC[C@H]1COc2ccccc2O1. The van der Waals surface area contributed by atoms with Gasteiger partial charge in [-0.3, -0.25) is 4.79 Å². The second kappa shape index (κ2) is 10.4. The number of amides is 1. The van der Waals surface area contributed by atoms with Crippen molar-refractivity contribution in [2.75, 3.05) is 33.4 Å². The number of carbonyl (C=O) groups is 1. The second-order valence-electron chi connectivity index (χ2n) is 8.24. The van der Waals surface area contributed by atoms with E-state index in [0.29, 0.717) is 55.5 Å². The summed E-state index contributed by atoms with van der Waals surface area (Å²) in [5, 5.41) is 2.88. The Morgan fingerprint density at radius 1 is 1.12 bits per heavy atom. The molecule has 0 aromatic heterocycles. The summed E-state index contributed by atoms with van der Waals surface area (Å²) in [4.78, 5) is 12.7. The first-order valence-electron chi connectivity index (χ1n) is 11.3. The minimum Gasteiger partial charge on any atom is -0.496 e. The number of piperidine rings is 1. The molecule has 1 fully saturated rings. The maximum absolute atomic E-state index is 13.0. The van der Waals surface area contributed by atoms with Crippen LogP contribution in [-0.4, -0.2) is 58.1 Å². The number of sulfonamides is 1. The summed E-state index contributed by atoms with van der Waals surface area (Å²) in [6.07, 6.45) is 3.11. The van der Waals surface area contributed by atoms with Crippen molar-refractivity contribution in [2.24, 2.45) is 0 Å². The largest absolute Gasteiger partial charge is 0.496 e. The van der Waals surface area contributed by atoms with Crippen molar-refractivity contribution in [3.63, 3.8) is 0 Å². The van der Waals surface area contributed by atoms with Crippen LogP contribution in [0.2, 0.25) is 0 Å². The minimum atomic E-state index is -3.55. The molecule has 0 aliphatic carbocycles. The Morgan fingerprint density at radius 3 is 2.64 bits per heavy atom. The van der Waals surface area contributed by atoms with Crippen molar-refractivity contribution >= 4 is 15.9 Å². The highest BCUT2D eigenvalue weighted by molar-refractivity contribution is 7.89. The molecular formula is C24H30N2O6S. The molecule has 2 aromatic carbocycles. The minimum absolute atomic E-state index is 0.149. The molecule has 1 amide bonds. The number of fused-ring (bicyclic) bond motifs is 1. The van der Waals surface area contributed by atoms with E-state index in [-0.39, 0.29) is 23.3 Å². The molecular weight excluding hydrogens is 444 g/mol. The number of methoxy groups -OCH3 is 1. The summed E-state index contributed by atoms with van der Waals surface area (Å²) < 4.78 is 44.5. The Balaban J connectivity index is 1.34. The summed E-state index contributed by atoms with van der Waals surface area (Å²) in [6, 6.07) is 12.3. The fourth-order valence-corrected chi connectivity index (χ4v) is 5.66. The first-order chi connectivity index (χ1) is 16.0. The summed E-state index contributed by atoms with van der Waals surface area (Å²) >= 11 is 0. The predicted octanol–water partition coefficient (Wildman–Crippen LogP) is 2.76. The Labute approximate surface area is 194 Å². The van der Waals surface area contributed by atoms with Gasteiger partial charge < -0.3 is 19.5 Å². The molecule has 2 aliphatic rings. The fraction of sp³-hybridized carbons (Fsp3) is 0.458. The van der Waals surface area contributed by atoms with Gasteiger partial charge in [0.25, 0.3) is 0 Å². The van der Waals surface area contributed by atoms with Gasteiger partial charge in [0.05, 0.1) is 18.6 Å². The highest BCUT2D eigenvalue weighted by atomic mass is 32.2. The van der Waals surface area contributed by atoms with E-state index in [4.69, 9.17) is 14.2 Å². The fourth-order valence-electron chi connectivity index (χ4n) is 4.09. The molecule has 0 unspecified atom stereocenters. The summed E-state index contributed by atoms with van der Waals surface area (Å²) in [5.74, 6) is 1.79. The molecule has 4 rings (SSSR count). The molecule has 2 aliphatic heterocycles. The third kappa shape index (κ3) is 5.59. The lowest BCUT2D eigenvalue weighted by atomic mass is 10.1. The van der Waals surface area contributed by atoms with Gasteiger partial charge in [0.1, 0.15) is 18.5 Å². The van der Waals surface area contributed by atoms with Gasteiger partial charge in [0.2, 0.25) is 15.9 Å². The van der Waals surface area contributed by atoms with Crippen LogP contribution in [0.25, 0.3) is 0 Å². The number of aryl methyl sites for hydroxylation is 1. The maximum Gasteiger partial charge on any atom is 0.243 e. The Bertz CT molecular complexity index is 1080. The number of rotatable bonds is 8. The predicted molar refractivity (Wildman–Crippen MR) is 123 cm³/mol. The lowest BCUT2D eigenvalue weighted by molar-refractivity contribution is -0.121. The van der Waals surface area contributed by atoms with Crippen LogP contribution < -0.4 is 19.5 Å². The van der Waals surface area contributed by atoms with Gasteiger partial charge in [-0.05, 0) is 55.2 Å². The molecule has 0 spiro atoms. The van der Waals surface area contributed by atoms with E-state index in [1.807, 2.05) is 24.3 Å². The molecule has 8 nitrogen and oxygen atoms in total. The van der Waals surface area contributed by atoms with E-state index in [1.165, 1.54) is 7.11 Å². The van der Waals surface area contributed by atoms with Crippen molar-refractivity contribution in [1.29, 1.82) is 0 Å². The molecule has 1 saturated heterocycles. The lowest BCUT2D eigenvalue weighted by Crippen LogP contribution is -2.40. The van der Waals surface area contributed by atoms with Crippen LogP contribution in [0.4, 0.5) is 0 Å². The van der Waals surface area contributed by atoms with Crippen molar-refractivity contribution in [2.45, 2.75) is 43.1 Å². The first kappa shape index (κ1) is 23.4. The molecule has 2 aromatic rings. The van der Waals surface area contributed by atoms with Crippen LogP contribution in [0.5, 0.6) is 17.2 Å². The normalized spacial score (nSPS) is 18.5. The van der Waals surface area contributed by atoms with Gasteiger partial charge in [-0.2, -0.15) is 4.31 Å². The summed E-state index contributed by atoms with van der Waals surface area (Å²) in [6.45, 7) is 1.78. The van der Waals surface area contributed by atoms with Crippen molar-refractivity contribution < 1.29 is 27.4 Å². The van der Waals surface area contributed by atoms with Gasteiger partial charge >= 0.3 is 0 Å². The van der Waals surface area contributed by atoms with Crippen molar-refractivity contribution in [3.8, 4) is 17.2 Å². The third-order valence-electron chi connectivity index (χ3n) is 5.92. The summed E-state index contributed by atoms with van der Waals surface area (Å²) in [7, 11) is -2.01. The summed E-state index contributed by atoms with van der Waals surface area (Å²) in [5.41, 5.74) is 0.692. The van der Waals surface area contributed by atoms with Gasteiger partial charge in [-0.25, -0.2) is 8.42 Å². The molecule has 0 bridgehead atoms. The molecule has 9 heteroatoms. The Hall–Kier alpha value is -2.78. The zero-order chi connectivity index (χ0) is 23.3. The highest BCUT2D eigenvalue weighted by Gasteiger charge is 2.27. The van der Waals surface area contributed by atoms with E-state index in [2.05, 4.69) is 5.32 Å². The van der Waals surface area contributed by atoms with Crippen molar-refractivity contribution in [3.05, 3.63) is 48.0 Å². The number of hydrogen-bond acceptors (Lipinski definition) is 6. The number of carbonyl (C=O) groups excluding carboxylic acids is 1. The van der Waals surface area contributed by atoms with Gasteiger partial charge in [0.15, 0.2) is 11.5 Å². The number of nitrogens with one attached hydrogen (secondary N) is 1. The smallest absolute Gasteiger partial charge is 0.243 e. The van der Waals surface area contributed by atoms with Crippen LogP contribution in [0, 0.1) is 0 Å². The monoisotopic (exact) mass is 474 g/mol. The zero-order valence-electron chi connectivity index (χ0n) is 18.8. The van der Waals surface area contributed by atoms with E-state index >= 15 is 0 Å². The average molecular weight is 475 g/mol. The van der Waals surface area contributed by atoms with Crippen LogP contribution >= 0.6 is 0 Å². The zero-order valence-corrected chi connectivity index (χ0v) is 19.6. The third-order valence-corrected chi connectivity index (χ3v) is 7.82. The van der Waals surface area contributed by atoms with Crippen LogP contribution in [0.1, 0.15) is 31.2 Å². The first-order valence-corrected chi connectivity index (χ1v) is 12.7. The number of benzene rings is 2. The van der Waals surface area contributed by atoms with E-state index in [9.17, 15) is 13.2 Å². The highest BCUT2D eigenvalue weighted by Crippen LogP contribution is 2.31. The van der Waals surface area contributed by atoms with Gasteiger partial charge in [0, 0.05) is 19.5 Å². The second-order valence-corrected chi connectivity index (χ2v) is 10.2. The Kier molecular flexibility index (Phi) is 7.39. The van der Waals surface area contributed by atoms with Crippen LogP contribution in [0.3, 0.4) is 0 Å². The number of para-hydroxylation sites is 2. The van der Waals surface area contributed by atoms with Crippen LogP contribution in [-0.2, 0) is 21.2 Å². The number of hydrogen-bond donors (Lipinski definition) is 1. The standard InChI is InChI=1S/C24H30N2O6S/c1-30-21-11-10-20(33(28,29)26-13-5-2-6-14-26)15-18(21)9-12-24(27)25-16-19-17-31-22-7-3-4-8-23(22)32-19/h3-4,7-8,10-11,15,19H,2,5-6,9,12-14,16-17H2,1H3,(H,25,27)/t19-/m0/s1. The van der Waals surface area contributed by atoms with E-state index < -0.39 is 10.0 Å². The quantitative estimate of drug-likeness (QED) is 0.632. The molecule has 0 radical (unpaired) electrons. The lowest BCUT2D eigenvalue weighted by Gasteiger charge is -2.26. The Morgan fingerprint density at radius 2 is 1.88 bits per heavy atom. The molecule has 178 valence electrons. The topological polar surface area (TPSA) is 94.2 Å². The maximum atomic E-state index is 13.0. The van der Waals surface area contributed by atoms with Gasteiger partial charge in [-0.1, -0.05) is 18.6 Å². The number of ether oxygens (including phenoxy) is 3. The molecule has 2 heterocycles. The molecule has 33 heavy (non-hydrogen) atoms. The molecule has 1 N–H and O–H groups in total. The molecule has 0 saturated carbocycles. The van der Waals surface area contributed by atoms with E-state index in [0.717, 1.165) is 19.3 Å².